The lowest BCUT2D eigenvalue weighted by atomic mass is 9.92. The summed E-state index contributed by atoms with van der Waals surface area (Å²) < 4.78 is 0.998. The minimum Gasteiger partial charge on any atom is -0.349 e. The van der Waals surface area contributed by atoms with Crippen molar-refractivity contribution in [1.29, 1.82) is 0 Å². The molecule has 0 bridgehead atoms. The van der Waals surface area contributed by atoms with Crippen LogP contribution in [0.15, 0.2) is 28.7 Å². The van der Waals surface area contributed by atoms with Crippen LogP contribution < -0.4 is 11.1 Å². The molecular weight excluding hydrogens is 280 g/mol. The molecule has 0 fully saturated rings. The van der Waals surface area contributed by atoms with Crippen LogP contribution in [0.2, 0.25) is 0 Å². The van der Waals surface area contributed by atoms with Gasteiger partial charge in [0.25, 0.3) is 0 Å². The summed E-state index contributed by atoms with van der Waals surface area (Å²) in [4.78, 5) is 12.0. The van der Waals surface area contributed by atoms with Crippen LogP contribution in [0.5, 0.6) is 0 Å². The van der Waals surface area contributed by atoms with Gasteiger partial charge in [-0.1, -0.05) is 34.1 Å². The lowest BCUT2D eigenvalue weighted by molar-refractivity contribution is -0.129. The number of rotatable bonds is 4. The highest BCUT2D eigenvalue weighted by Crippen LogP contribution is 2.24. The van der Waals surface area contributed by atoms with E-state index in [2.05, 4.69) is 21.2 Å². The standard InChI is InChI=1S/C13H19BrN2O/c1-9(10-6-4-5-7-11(10)14)16-12(17)13(2,3)8-15/h4-7,9H,8,15H2,1-3H3,(H,16,17)/t9-/m0/s1. The quantitative estimate of drug-likeness (QED) is 0.898. The smallest absolute Gasteiger partial charge is 0.227 e. The summed E-state index contributed by atoms with van der Waals surface area (Å²) in [6.07, 6.45) is 0. The number of nitrogens with one attached hydrogen (secondary N) is 1. The van der Waals surface area contributed by atoms with Gasteiger partial charge in [0.15, 0.2) is 0 Å². The maximum absolute atomic E-state index is 12.0. The van der Waals surface area contributed by atoms with Crippen molar-refractivity contribution in [2.45, 2.75) is 26.8 Å². The van der Waals surface area contributed by atoms with Crippen molar-refractivity contribution in [3.8, 4) is 0 Å². The lowest BCUT2D eigenvalue weighted by Gasteiger charge is -2.25. The highest BCUT2D eigenvalue weighted by atomic mass is 79.9. The maximum Gasteiger partial charge on any atom is 0.227 e. The molecule has 1 atom stereocenters. The van der Waals surface area contributed by atoms with Crippen LogP contribution in [0, 0.1) is 5.41 Å². The molecule has 0 unspecified atom stereocenters. The van der Waals surface area contributed by atoms with Gasteiger partial charge in [0, 0.05) is 11.0 Å². The minimum atomic E-state index is -0.532. The maximum atomic E-state index is 12.0. The van der Waals surface area contributed by atoms with Crippen LogP contribution in [0.4, 0.5) is 0 Å². The fourth-order valence-corrected chi connectivity index (χ4v) is 2.02. The topological polar surface area (TPSA) is 55.1 Å². The van der Waals surface area contributed by atoms with E-state index in [4.69, 9.17) is 5.73 Å². The van der Waals surface area contributed by atoms with Crippen LogP contribution in [0.3, 0.4) is 0 Å². The SMILES string of the molecule is C[C@H](NC(=O)C(C)(C)CN)c1ccccc1Br. The van der Waals surface area contributed by atoms with E-state index in [0.717, 1.165) is 10.0 Å². The molecule has 17 heavy (non-hydrogen) atoms. The molecule has 0 aliphatic heterocycles. The van der Waals surface area contributed by atoms with E-state index in [-0.39, 0.29) is 11.9 Å². The Bertz CT molecular complexity index is 404. The first kappa shape index (κ1) is 14.2. The molecule has 0 saturated heterocycles. The van der Waals surface area contributed by atoms with E-state index in [1.54, 1.807) is 0 Å². The van der Waals surface area contributed by atoms with Gasteiger partial charge in [-0.25, -0.2) is 0 Å². The van der Waals surface area contributed by atoms with Crippen molar-refractivity contribution in [3.63, 3.8) is 0 Å². The summed E-state index contributed by atoms with van der Waals surface area (Å²) >= 11 is 3.48. The van der Waals surface area contributed by atoms with Gasteiger partial charge in [-0.3, -0.25) is 4.79 Å². The van der Waals surface area contributed by atoms with E-state index in [9.17, 15) is 4.79 Å². The molecule has 4 heteroatoms. The predicted molar refractivity (Wildman–Crippen MR) is 73.5 cm³/mol. The van der Waals surface area contributed by atoms with Crippen molar-refractivity contribution in [1.82, 2.24) is 5.32 Å². The first-order valence-electron chi connectivity index (χ1n) is 5.64. The number of benzene rings is 1. The Labute approximate surface area is 111 Å². The van der Waals surface area contributed by atoms with Gasteiger partial charge in [-0.05, 0) is 32.4 Å². The van der Waals surface area contributed by atoms with Crippen molar-refractivity contribution >= 4 is 21.8 Å². The van der Waals surface area contributed by atoms with Crippen LogP contribution in [-0.2, 0) is 4.79 Å². The highest BCUT2D eigenvalue weighted by Gasteiger charge is 2.27. The molecule has 0 spiro atoms. The number of nitrogens with two attached hydrogens (primary N) is 1. The largest absolute Gasteiger partial charge is 0.349 e. The second-order valence-corrected chi connectivity index (χ2v) is 5.66. The zero-order valence-electron chi connectivity index (χ0n) is 10.5. The number of carbonyl (C=O) groups is 1. The van der Waals surface area contributed by atoms with Gasteiger partial charge in [-0.15, -0.1) is 0 Å². The third-order valence-electron chi connectivity index (χ3n) is 2.84. The second-order valence-electron chi connectivity index (χ2n) is 4.80. The van der Waals surface area contributed by atoms with E-state index >= 15 is 0 Å². The van der Waals surface area contributed by atoms with E-state index in [0.29, 0.717) is 6.54 Å². The Balaban J connectivity index is 2.77. The number of carbonyl (C=O) groups excluding carboxylic acids is 1. The summed E-state index contributed by atoms with van der Waals surface area (Å²) in [6.45, 7) is 5.98. The van der Waals surface area contributed by atoms with Crippen molar-refractivity contribution in [2.24, 2.45) is 11.1 Å². The Morgan fingerprint density at radius 3 is 2.59 bits per heavy atom. The molecule has 1 rings (SSSR count). The zero-order valence-corrected chi connectivity index (χ0v) is 12.0. The molecule has 0 saturated carbocycles. The molecule has 3 N–H and O–H groups in total. The third-order valence-corrected chi connectivity index (χ3v) is 3.57. The fraction of sp³-hybridized carbons (Fsp3) is 0.462. The summed E-state index contributed by atoms with van der Waals surface area (Å²) in [5, 5.41) is 2.98. The summed E-state index contributed by atoms with van der Waals surface area (Å²) in [5.41, 5.74) is 6.11. The number of hydrogen-bond donors (Lipinski definition) is 2. The Morgan fingerprint density at radius 1 is 1.47 bits per heavy atom. The van der Waals surface area contributed by atoms with Crippen LogP contribution >= 0.6 is 15.9 Å². The van der Waals surface area contributed by atoms with Crippen molar-refractivity contribution in [2.75, 3.05) is 6.54 Å². The molecule has 0 aliphatic rings. The molecule has 0 radical (unpaired) electrons. The van der Waals surface area contributed by atoms with Gasteiger partial charge in [-0.2, -0.15) is 0 Å². The summed E-state index contributed by atoms with van der Waals surface area (Å²) in [5.74, 6) is -0.0248. The van der Waals surface area contributed by atoms with Crippen molar-refractivity contribution < 1.29 is 4.79 Å². The molecule has 0 aromatic heterocycles. The average molecular weight is 299 g/mol. The highest BCUT2D eigenvalue weighted by molar-refractivity contribution is 9.10. The van der Waals surface area contributed by atoms with Gasteiger partial charge < -0.3 is 11.1 Å². The molecule has 1 aromatic carbocycles. The van der Waals surface area contributed by atoms with Gasteiger partial charge in [0.1, 0.15) is 0 Å². The molecular formula is C13H19BrN2O. The first-order chi connectivity index (χ1) is 7.88. The molecule has 94 valence electrons. The molecule has 0 heterocycles. The third kappa shape index (κ3) is 3.54. The normalized spacial score (nSPS) is 13.2. The monoisotopic (exact) mass is 298 g/mol. The summed E-state index contributed by atoms with van der Waals surface area (Å²) in [6, 6.07) is 7.82. The number of halogens is 1. The van der Waals surface area contributed by atoms with E-state index in [1.165, 1.54) is 0 Å². The Morgan fingerprint density at radius 2 is 2.06 bits per heavy atom. The minimum absolute atomic E-state index is 0.0248. The number of amides is 1. The molecule has 3 nitrogen and oxygen atoms in total. The van der Waals surface area contributed by atoms with Gasteiger partial charge >= 0.3 is 0 Å². The molecule has 0 aliphatic carbocycles. The molecule has 1 aromatic rings. The second kappa shape index (κ2) is 5.65. The van der Waals surface area contributed by atoms with E-state index < -0.39 is 5.41 Å². The first-order valence-corrected chi connectivity index (χ1v) is 6.43. The Kier molecular flexibility index (Phi) is 4.71. The Hall–Kier alpha value is -0.870. The van der Waals surface area contributed by atoms with Crippen LogP contribution in [0.25, 0.3) is 0 Å². The number of hydrogen-bond acceptors (Lipinski definition) is 2. The zero-order chi connectivity index (χ0) is 13.1. The van der Waals surface area contributed by atoms with Gasteiger partial charge in [0.05, 0.1) is 11.5 Å². The van der Waals surface area contributed by atoms with Crippen LogP contribution in [-0.4, -0.2) is 12.5 Å². The molecule has 1 amide bonds. The lowest BCUT2D eigenvalue weighted by Crippen LogP contribution is -2.42. The predicted octanol–water partition coefficient (Wildman–Crippen LogP) is 2.61. The average Bonchev–Trinajstić information content (AvgIpc) is 2.29. The van der Waals surface area contributed by atoms with Crippen molar-refractivity contribution in [3.05, 3.63) is 34.3 Å². The van der Waals surface area contributed by atoms with Crippen LogP contribution in [0.1, 0.15) is 32.4 Å². The van der Waals surface area contributed by atoms with E-state index in [1.807, 2.05) is 45.0 Å². The van der Waals surface area contributed by atoms with Gasteiger partial charge in [0.2, 0.25) is 5.91 Å². The fourth-order valence-electron chi connectivity index (χ4n) is 1.39. The summed E-state index contributed by atoms with van der Waals surface area (Å²) in [7, 11) is 0.